The predicted octanol–water partition coefficient (Wildman–Crippen LogP) is 2.53. The lowest BCUT2D eigenvalue weighted by Gasteiger charge is -2.04. The van der Waals surface area contributed by atoms with Gasteiger partial charge in [-0.2, -0.15) is 0 Å². The summed E-state index contributed by atoms with van der Waals surface area (Å²) in [5, 5.41) is 3.41. The van der Waals surface area contributed by atoms with Crippen LogP contribution in [-0.2, 0) is 13.0 Å². The summed E-state index contributed by atoms with van der Waals surface area (Å²) < 4.78 is 12.9. The zero-order valence-corrected chi connectivity index (χ0v) is 9.97. The number of halogens is 2. The summed E-state index contributed by atoms with van der Waals surface area (Å²) in [5.41, 5.74) is 0.968. The number of imidazole rings is 1. The number of benzene rings is 1. The van der Waals surface area contributed by atoms with Crippen molar-refractivity contribution in [2.24, 2.45) is 0 Å². The normalized spacial score (nSPS) is 10.7. The molecule has 2 aromatic rings. The molecular weight excluding hydrogens is 241 g/mol. The molecule has 2 rings (SSSR count). The minimum atomic E-state index is -0.383. The lowest BCUT2D eigenvalue weighted by molar-refractivity contribution is 0.625. The molecule has 0 radical (unpaired) electrons. The molecular formula is C12H13ClFN3. The molecule has 0 aliphatic carbocycles. The van der Waals surface area contributed by atoms with Crippen molar-refractivity contribution in [2.75, 3.05) is 6.54 Å². The highest BCUT2D eigenvalue weighted by molar-refractivity contribution is 6.30. The zero-order valence-electron chi connectivity index (χ0n) is 9.21. The van der Waals surface area contributed by atoms with Crippen LogP contribution in [0.2, 0.25) is 5.02 Å². The monoisotopic (exact) mass is 253 g/mol. The highest BCUT2D eigenvalue weighted by atomic mass is 35.5. The van der Waals surface area contributed by atoms with E-state index in [1.165, 1.54) is 6.07 Å². The maximum atomic E-state index is 12.9. The molecule has 0 amide bonds. The molecule has 0 fully saturated rings. The number of H-pyrrole nitrogens is 1. The van der Waals surface area contributed by atoms with Crippen LogP contribution in [0.3, 0.4) is 0 Å². The van der Waals surface area contributed by atoms with Crippen molar-refractivity contribution in [3.05, 3.63) is 52.8 Å². The Labute approximate surface area is 104 Å². The fourth-order valence-corrected chi connectivity index (χ4v) is 1.73. The van der Waals surface area contributed by atoms with E-state index < -0.39 is 0 Å². The van der Waals surface area contributed by atoms with Crippen molar-refractivity contribution in [2.45, 2.75) is 13.0 Å². The van der Waals surface area contributed by atoms with Crippen LogP contribution in [0.4, 0.5) is 4.39 Å². The van der Waals surface area contributed by atoms with Crippen molar-refractivity contribution >= 4 is 11.6 Å². The second kappa shape index (κ2) is 5.80. The summed E-state index contributed by atoms with van der Waals surface area (Å²) in [6.07, 6.45) is 4.37. The van der Waals surface area contributed by atoms with Crippen molar-refractivity contribution in [3.8, 4) is 0 Å². The van der Waals surface area contributed by atoms with Gasteiger partial charge in [-0.05, 0) is 17.7 Å². The van der Waals surface area contributed by atoms with Gasteiger partial charge in [0.25, 0.3) is 0 Å². The molecule has 2 N–H and O–H groups in total. The highest BCUT2D eigenvalue weighted by Crippen LogP contribution is 2.15. The Kier molecular flexibility index (Phi) is 4.12. The Bertz CT molecular complexity index is 471. The fourth-order valence-electron chi connectivity index (χ4n) is 1.52. The van der Waals surface area contributed by atoms with Gasteiger partial charge in [0.2, 0.25) is 0 Å². The van der Waals surface area contributed by atoms with Crippen LogP contribution in [0.15, 0.2) is 30.6 Å². The van der Waals surface area contributed by atoms with Crippen LogP contribution in [0, 0.1) is 5.82 Å². The van der Waals surface area contributed by atoms with Gasteiger partial charge in [-0.15, -0.1) is 0 Å². The van der Waals surface area contributed by atoms with Gasteiger partial charge in [0.15, 0.2) is 0 Å². The summed E-state index contributed by atoms with van der Waals surface area (Å²) >= 11 is 5.69. The number of nitrogens with zero attached hydrogens (tertiary/aromatic N) is 1. The van der Waals surface area contributed by atoms with E-state index in [-0.39, 0.29) is 10.8 Å². The number of hydrogen-bond donors (Lipinski definition) is 2. The van der Waals surface area contributed by atoms with Crippen LogP contribution >= 0.6 is 11.6 Å². The van der Waals surface area contributed by atoms with Gasteiger partial charge in [-0.1, -0.05) is 17.7 Å². The summed E-state index contributed by atoms with van der Waals surface area (Å²) in [7, 11) is 0. The summed E-state index contributed by atoms with van der Waals surface area (Å²) in [5.74, 6) is 0.570. The third-order valence-electron chi connectivity index (χ3n) is 2.41. The lowest BCUT2D eigenvalue weighted by Crippen LogP contribution is -2.17. The topological polar surface area (TPSA) is 40.7 Å². The Morgan fingerprint density at radius 2 is 2.29 bits per heavy atom. The summed E-state index contributed by atoms with van der Waals surface area (Å²) in [6.45, 7) is 1.48. The second-order valence-electron chi connectivity index (χ2n) is 3.71. The molecule has 90 valence electrons. The van der Waals surface area contributed by atoms with Crippen molar-refractivity contribution in [1.82, 2.24) is 15.3 Å². The van der Waals surface area contributed by atoms with Crippen LogP contribution in [0.1, 0.15) is 11.4 Å². The molecule has 3 nitrogen and oxygen atoms in total. The number of rotatable bonds is 5. The SMILES string of the molecule is Fc1ccc(CNCCc2ncc[nH]2)cc1Cl. The van der Waals surface area contributed by atoms with Crippen LogP contribution in [0.5, 0.6) is 0 Å². The summed E-state index contributed by atoms with van der Waals surface area (Å²) in [4.78, 5) is 7.15. The van der Waals surface area contributed by atoms with Gasteiger partial charge >= 0.3 is 0 Å². The molecule has 0 saturated heterocycles. The van der Waals surface area contributed by atoms with E-state index in [0.29, 0.717) is 6.54 Å². The van der Waals surface area contributed by atoms with Gasteiger partial charge in [-0.3, -0.25) is 0 Å². The maximum Gasteiger partial charge on any atom is 0.141 e. The Morgan fingerprint density at radius 3 is 3.00 bits per heavy atom. The van der Waals surface area contributed by atoms with Gasteiger partial charge in [-0.25, -0.2) is 9.37 Å². The van der Waals surface area contributed by atoms with E-state index in [1.807, 2.05) is 0 Å². The minimum Gasteiger partial charge on any atom is -0.349 e. The molecule has 0 saturated carbocycles. The third kappa shape index (κ3) is 3.54. The van der Waals surface area contributed by atoms with E-state index in [2.05, 4.69) is 15.3 Å². The smallest absolute Gasteiger partial charge is 0.141 e. The second-order valence-corrected chi connectivity index (χ2v) is 4.12. The minimum absolute atomic E-state index is 0.162. The quantitative estimate of drug-likeness (QED) is 0.804. The van der Waals surface area contributed by atoms with E-state index in [4.69, 9.17) is 11.6 Å². The van der Waals surface area contributed by atoms with E-state index in [9.17, 15) is 4.39 Å². The lowest BCUT2D eigenvalue weighted by atomic mass is 10.2. The predicted molar refractivity (Wildman–Crippen MR) is 65.4 cm³/mol. The maximum absolute atomic E-state index is 12.9. The molecule has 1 aromatic heterocycles. The third-order valence-corrected chi connectivity index (χ3v) is 2.70. The van der Waals surface area contributed by atoms with Gasteiger partial charge in [0.1, 0.15) is 11.6 Å². The number of hydrogen-bond acceptors (Lipinski definition) is 2. The average molecular weight is 254 g/mol. The van der Waals surface area contributed by atoms with Crippen LogP contribution in [0.25, 0.3) is 0 Å². The zero-order chi connectivity index (χ0) is 12.1. The number of nitrogens with one attached hydrogen (secondary N) is 2. The first-order chi connectivity index (χ1) is 8.25. The molecule has 0 unspecified atom stereocenters. The molecule has 0 atom stereocenters. The molecule has 5 heteroatoms. The number of aromatic nitrogens is 2. The first-order valence-electron chi connectivity index (χ1n) is 5.38. The highest BCUT2D eigenvalue weighted by Gasteiger charge is 2.00. The molecule has 1 aromatic carbocycles. The summed E-state index contributed by atoms with van der Waals surface area (Å²) in [6, 6.07) is 4.74. The van der Waals surface area contributed by atoms with Crippen LogP contribution in [-0.4, -0.2) is 16.5 Å². The average Bonchev–Trinajstić information content (AvgIpc) is 2.82. The van der Waals surface area contributed by atoms with Gasteiger partial charge in [0.05, 0.1) is 5.02 Å². The van der Waals surface area contributed by atoms with E-state index in [0.717, 1.165) is 24.4 Å². The fraction of sp³-hybridized carbons (Fsp3) is 0.250. The number of aromatic amines is 1. The Balaban J connectivity index is 1.76. The standard InChI is InChI=1S/C12H13ClFN3/c13-10-7-9(1-2-11(10)14)8-15-4-3-12-16-5-6-17-12/h1-2,5-7,15H,3-4,8H2,(H,16,17). The van der Waals surface area contributed by atoms with Crippen molar-refractivity contribution in [3.63, 3.8) is 0 Å². The van der Waals surface area contributed by atoms with Crippen molar-refractivity contribution in [1.29, 1.82) is 0 Å². The van der Waals surface area contributed by atoms with Gasteiger partial charge < -0.3 is 10.3 Å². The molecule has 0 aliphatic heterocycles. The molecule has 0 spiro atoms. The van der Waals surface area contributed by atoms with Crippen LogP contribution < -0.4 is 5.32 Å². The van der Waals surface area contributed by atoms with Gasteiger partial charge in [0, 0.05) is 31.9 Å². The largest absolute Gasteiger partial charge is 0.349 e. The molecule has 0 bridgehead atoms. The first-order valence-corrected chi connectivity index (χ1v) is 5.76. The van der Waals surface area contributed by atoms with E-state index in [1.54, 1.807) is 24.5 Å². The molecule has 1 heterocycles. The van der Waals surface area contributed by atoms with Crippen molar-refractivity contribution < 1.29 is 4.39 Å². The first kappa shape index (κ1) is 12.1. The van der Waals surface area contributed by atoms with E-state index >= 15 is 0 Å². The Morgan fingerprint density at radius 1 is 1.41 bits per heavy atom. The molecule has 0 aliphatic rings. The Hall–Kier alpha value is -1.39. The molecule has 17 heavy (non-hydrogen) atoms.